The van der Waals surface area contributed by atoms with Crippen molar-refractivity contribution >= 4 is 5.91 Å². The molecule has 0 bridgehead atoms. The Hall–Kier alpha value is -0.610. The normalized spacial score (nSPS) is 30.5. The van der Waals surface area contributed by atoms with E-state index >= 15 is 0 Å². The Bertz CT molecular complexity index is 264. The average molecular weight is 240 g/mol. The highest BCUT2D eigenvalue weighted by Gasteiger charge is 2.33. The number of nitrogens with zero attached hydrogens (tertiary/aromatic N) is 1. The average Bonchev–Trinajstić information content (AvgIpc) is 2.87. The van der Waals surface area contributed by atoms with Gasteiger partial charge in [-0.1, -0.05) is 19.3 Å². The molecule has 1 saturated carbocycles. The zero-order chi connectivity index (χ0) is 12.3. The summed E-state index contributed by atoms with van der Waals surface area (Å²) in [6.45, 7) is 0.797. The summed E-state index contributed by atoms with van der Waals surface area (Å²) in [5, 5.41) is 3.26. The molecule has 0 radical (unpaired) electrons. The molecule has 2 rings (SSSR count). The highest BCUT2D eigenvalue weighted by atomic mass is 16.5. The first-order valence-corrected chi connectivity index (χ1v) is 6.75. The first-order chi connectivity index (χ1) is 8.22. The maximum atomic E-state index is 12.3. The fraction of sp³-hybridized carbons (Fsp3) is 0.923. The van der Waals surface area contributed by atoms with Gasteiger partial charge in [-0.25, -0.2) is 0 Å². The van der Waals surface area contributed by atoms with Gasteiger partial charge in [-0.3, -0.25) is 4.79 Å². The molecule has 1 N–H and O–H groups in total. The molecule has 1 amide bonds. The Kier molecular flexibility index (Phi) is 4.40. The van der Waals surface area contributed by atoms with E-state index in [2.05, 4.69) is 5.32 Å². The van der Waals surface area contributed by atoms with Gasteiger partial charge in [-0.2, -0.15) is 0 Å². The van der Waals surface area contributed by atoms with Crippen LogP contribution in [-0.2, 0) is 9.53 Å². The van der Waals surface area contributed by atoms with E-state index in [0.29, 0.717) is 6.04 Å². The van der Waals surface area contributed by atoms with Crippen LogP contribution in [0.1, 0.15) is 38.5 Å². The molecule has 2 unspecified atom stereocenters. The smallest absolute Gasteiger partial charge is 0.239 e. The van der Waals surface area contributed by atoms with Crippen LogP contribution in [0, 0.1) is 0 Å². The lowest BCUT2D eigenvalue weighted by molar-refractivity contribution is -0.134. The summed E-state index contributed by atoms with van der Waals surface area (Å²) in [5.74, 6) is 0.247. The molecule has 0 aromatic carbocycles. The number of hydrogen-bond donors (Lipinski definition) is 1. The van der Waals surface area contributed by atoms with Crippen LogP contribution in [0.5, 0.6) is 0 Å². The van der Waals surface area contributed by atoms with Gasteiger partial charge in [0.05, 0.1) is 12.1 Å². The van der Waals surface area contributed by atoms with Crippen LogP contribution in [-0.4, -0.2) is 49.7 Å². The van der Waals surface area contributed by atoms with Gasteiger partial charge in [0, 0.05) is 26.7 Å². The first-order valence-electron chi connectivity index (χ1n) is 6.75. The van der Waals surface area contributed by atoms with Gasteiger partial charge in [0.25, 0.3) is 0 Å². The second-order valence-electron chi connectivity index (χ2n) is 5.30. The summed E-state index contributed by atoms with van der Waals surface area (Å²) < 4.78 is 5.28. The van der Waals surface area contributed by atoms with E-state index in [9.17, 15) is 4.79 Å². The van der Waals surface area contributed by atoms with Gasteiger partial charge in [0.2, 0.25) is 5.91 Å². The first kappa shape index (κ1) is 12.8. The van der Waals surface area contributed by atoms with E-state index in [0.717, 1.165) is 13.0 Å². The summed E-state index contributed by atoms with van der Waals surface area (Å²) in [6, 6.07) is 0.423. The van der Waals surface area contributed by atoms with E-state index in [-0.39, 0.29) is 18.1 Å². The van der Waals surface area contributed by atoms with Crippen molar-refractivity contribution in [2.45, 2.75) is 56.7 Å². The molecule has 1 saturated heterocycles. The van der Waals surface area contributed by atoms with Crippen molar-refractivity contribution in [3.05, 3.63) is 0 Å². The van der Waals surface area contributed by atoms with Crippen LogP contribution in [0.15, 0.2) is 0 Å². The SMILES string of the molecule is COC1CNC(C(=O)N(C)C2CCCCC2)C1. The minimum atomic E-state index is -0.0353. The molecule has 2 atom stereocenters. The molecule has 17 heavy (non-hydrogen) atoms. The minimum absolute atomic E-state index is 0.0353. The topological polar surface area (TPSA) is 41.6 Å². The Labute approximate surface area is 104 Å². The van der Waals surface area contributed by atoms with E-state index in [4.69, 9.17) is 4.74 Å². The highest BCUT2D eigenvalue weighted by Crippen LogP contribution is 2.23. The van der Waals surface area contributed by atoms with Crippen molar-refractivity contribution in [3.63, 3.8) is 0 Å². The van der Waals surface area contributed by atoms with Crippen molar-refractivity contribution < 1.29 is 9.53 Å². The van der Waals surface area contributed by atoms with Crippen LogP contribution >= 0.6 is 0 Å². The van der Waals surface area contributed by atoms with E-state index < -0.39 is 0 Å². The predicted molar refractivity (Wildman–Crippen MR) is 66.8 cm³/mol. The van der Waals surface area contributed by atoms with E-state index in [1.54, 1.807) is 7.11 Å². The number of carbonyl (C=O) groups is 1. The lowest BCUT2D eigenvalue weighted by Crippen LogP contribution is -2.46. The molecule has 98 valence electrons. The molecule has 4 nitrogen and oxygen atoms in total. The summed E-state index contributed by atoms with van der Waals surface area (Å²) in [6.07, 6.45) is 7.20. The Balaban J connectivity index is 1.86. The fourth-order valence-electron chi connectivity index (χ4n) is 2.97. The van der Waals surface area contributed by atoms with Gasteiger partial charge in [-0.05, 0) is 19.3 Å². The second kappa shape index (κ2) is 5.83. The lowest BCUT2D eigenvalue weighted by atomic mass is 9.94. The Morgan fingerprint density at radius 2 is 2.00 bits per heavy atom. The molecule has 1 aliphatic carbocycles. The number of rotatable bonds is 3. The molecular formula is C13H24N2O2. The van der Waals surface area contributed by atoms with Crippen molar-refractivity contribution in [2.75, 3.05) is 20.7 Å². The highest BCUT2D eigenvalue weighted by molar-refractivity contribution is 5.82. The van der Waals surface area contributed by atoms with Crippen LogP contribution < -0.4 is 5.32 Å². The summed E-state index contributed by atoms with van der Waals surface area (Å²) in [7, 11) is 3.67. The van der Waals surface area contributed by atoms with Gasteiger partial charge in [0.1, 0.15) is 0 Å². The van der Waals surface area contributed by atoms with Crippen LogP contribution in [0.3, 0.4) is 0 Å². The third-order valence-electron chi connectivity index (χ3n) is 4.19. The van der Waals surface area contributed by atoms with E-state index in [1.807, 2.05) is 11.9 Å². The lowest BCUT2D eigenvalue weighted by Gasteiger charge is -2.32. The van der Waals surface area contributed by atoms with Crippen molar-refractivity contribution in [1.29, 1.82) is 0 Å². The summed E-state index contributed by atoms with van der Waals surface area (Å²) in [5.41, 5.74) is 0. The molecule has 4 heteroatoms. The van der Waals surface area contributed by atoms with Crippen molar-refractivity contribution in [3.8, 4) is 0 Å². The molecular weight excluding hydrogens is 216 g/mol. The monoisotopic (exact) mass is 240 g/mol. The zero-order valence-electron chi connectivity index (χ0n) is 10.9. The maximum Gasteiger partial charge on any atom is 0.239 e. The summed E-state index contributed by atoms with van der Waals surface area (Å²) >= 11 is 0. The van der Waals surface area contributed by atoms with Gasteiger partial charge >= 0.3 is 0 Å². The predicted octanol–water partition coefficient (Wildman–Crippen LogP) is 1.15. The van der Waals surface area contributed by atoms with Gasteiger partial charge in [0.15, 0.2) is 0 Å². The Morgan fingerprint density at radius 1 is 1.29 bits per heavy atom. The molecule has 0 aromatic rings. The fourth-order valence-corrected chi connectivity index (χ4v) is 2.97. The number of carbonyl (C=O) groups excluding carboxylic acids is 1. The van der Waals surface area contributed by atoms with Crippen molar-refractivity contribution in [2.24, 2.45) is 0 Å². The van der Waals surface area contributed by atoms with Crippen LogP contribution in [0.25, 0.3) is 0 Å². The molecule has 1 heterocycles. The number of amides is 1. The molecule has 0 spiro atoms. The largest absolute Gasteiger partial charge is 0.380 e. The number of ether oxygens (including phenoxy) is 1. The van der Waals surface area contributed by atoms with E-state index in [1.165, 1.54) is 32.1 Å². The summed E-state index contributed by atoms with van der Waals surface area (Å²) in [4.78, 5) is 14.3. The second-order valence-corrected chi connectivity index (χ2v) is 5.30. The van der Waals surface area contributed by atoms with Gasteiger partial charge in [-0.15, -0.1) is 0 Å². The van der Waals surface area contributed by atoms with Crippen LogP contribution in [0.4, 0.5) is 0 Å². The van der Waals surface area contributed by atoms with Crippen LogP contribution in [0.2, 0.25) is 0 Å². The minimum Gasteiger partial charge on any atom is -0.380 e. The molecule has 2 aliphatic rings. The maximum absolute atomic E-state index is 12.3. The quantitative estimate of drug-likeness (QED) is 0.804. The molecule has 0 aromatic heterocycles. The van der Waals surface area contributed by atoms with Crippen molar-refractivity contribution in [1.82, 2.24) is 10.2 Å². The number of likely N-dealkylation sites (N-methyl/N-ethyl adjacent to an activating group) is 1. The number of hydrogen-bond acceptors (Lipinski definition) is 3. The standard InChI is InChI=1S/C13H24N2O2/c1-15(10-6-4-3-5-7-10)13(16)12-8-11(17-2)9-14-12/h10-12,14H,3-9H2,1-2H3. The number of nitrogens with one attached hydrogen (secondary N) is 1. The molecule has 1 aliphatic heterocycles. The molecule has 2 fully saturated rings. The zero-order valence-corrected chi connectivity index (χ0v) is 10.9. The Morgan fingerprint density at radius 3 is 2.59 bits per heavy atom. The van der Waals surface area contributed by atoms with Gasteiger partial charge < -0.3 is 15.0 Å². The third kappa shape index (κ3) is 2.99. The third-order valence-corrected chi connectivity index (χ3v) is 4.19. The number of methoxy groups -OCH3 is 1.